The third-order valence-corrected chi connectivity index (χ3v) is 7.76. The van der Waals surface area contributed by atoms with Crippen LogP contribution in [0.3, 0.4) is 0 Å². The van der Waals surface area contributed by atoms with E-state index < -0.39 is 23.3 Å². The van der Waals surface area contributed by atoms with Crippen molar-refractivity contribution in [2.75, 3.05) is 17.2 Å². The fraction of sp³-hybridized carbons (Fsp3) is 0.333. The summed E-state index contributed by atoms with van der Waals surface area (Å²) in [6.07, 6.45) is 0.0549. The van der Waals surface area contributed by atoms with Crippen molar-refractivity contribution < 1.29 is 19.5 Å². The molecule has 1 unspecified atom stereocenters. The number of β-lactam (4-membered cyclic amide) rings is 1. The third-order valence-electron chi connectivity index (χ3n) is 5.46. The Morgan fingerprint density at radius 3 is 2.78 bits per heavy atom. The van der Waals surface area contributed by atoms with Gasteiger partial charge < -0.3 is 21.1 Å². The van der Waals surface area contributed by atoms with E-state index in [9.17, 15) is 19.5 Å². The summed E-state index contributed by atoms with van der Waals surface area (Å²) in [6.45, 7) is 3.83. The number of benzene rings is 1. The molecule has 1 aromatic heterocycles. The SMILES string of the molecule is Cc1nc(SCC2=C(C(=O)O)N3C(=O)C(NC(=O)Cc4ccccc4N)[C@H]3SC2)[nH]c1C. The molecule has 1 saturated heterocycles. The molecule has 0 saturated carbocycles. The maximum Gasteiger partial charge on any atom is 0.352 e. The van der Waals surface area contributed by atoms with E-state index in [4.69, 9.17) is 5.73 Å². The number of aryl methyl sites for hydroxylation is 2. The highest BCUT2D eigenvalue weighted by atomic mass is 32.2. The number of hydrogen-bond acceptors (Lipinski definition) is 7. The Morgan fingerprint density at radius 1 is 1.38 bits per heavy atom. The number of imidazole rings is 1. The van der Waals surface area contributed by atoms with Gasteiger partial charge in [-0.1, -0.05) is 30.0 Å². The van der Waals surface area contributed by atoms with Crippen molar-refractivity contribution in [2.45, 2.75) is 36.8 Å². The molecule has 0 bridgehead atoms. The number of carboxylic acid groups (broad SMARTS) is 1. The fourth-order valence-electron chi connectivity index (χ4n) is 3.63. The lowest BCUT2D eigenvalue weighted by Crippen LogP contribution is -2.70. The van der Waals surface area contributed by atoms with Crippen LogP contribution in [0.2, 0.25) is 0 Å². The minimum absolute atomic E-state index is 0.00375. The molecule has 2 aromatic rings. The van der Waals surface area contributed by atoms with Gasteiger partial charge in [-0.05, 0) is 31.1 Å². The topological polar surface area (TPSA) is 141 Å². The predicted molar refractivity (Wildman–Crippen MR) is 123 cm³/mol. The van der Waals surface area contributed by atoms with Crippen LogP contribution in [0.5, 0.6) is 0 Å². The van der Waals surface area contributed by atoms with Gasteiger partial charge in [-0.25, -0.2) is 9.78 Å². The number of para-hydroxylation sites is 1. The Labute approximate surface area is 193 Å². The standard InChI is InChI=1S/C21H23N5O4S2/c1-10-11(2)24-21(23-10)32-9-13-8-31-19-16(18(28)26(19)17(13)20(29)30)25-15(27)7-12-5-3-4-6-14(12)22/h3-6,16,19H,7-9,22H2,1-2H3,(H,23,24)(H,25,27)(H,29,30)/t16?,19-/m1/s1. The molecule has 0 radical (unpaired) electrons. The van der Waals surface area contributed by atoms with E-state index in [1.165, 1.54) is 28.4 Å². The molecule has 11 heteroatoms. The number of carbonyl (C=O) groups is 3. The Bertz CT molecular complexity index is 1110. The molecule has 1 aromatic carbocycles. The molecular formula is C21H23N5O4S2. The lowest BCUT2D eigenvalue weighted by Gasteiger charge is -2.49. The van der Waals surface area contributed by atoms with E-state index in [-0.39, 0.29) is 18.0 Å². The Balaban J connectivity index is 1.44. The van der Waals surface area contributed by atoms with Crippen LogP contribution in [0.1, 0.15) is 17.0 Å². The number of aliphatic carboxylic acids is 1. The van der Waals surface area contributed by atoms with Crippen LogP contribution in [-0.4, -0.2) is 60.7 Å². The second-order valence-corrected chi connectivity index (χ2v) is 9.70. The number of aromatic nitrogens is 2. The summed E-state index contributed by atoms with van der Waals surface area (Å²) in [4.78, 5) is 46.1. The highest BCUT2D eigenvalue weighted by Crippen LogP contribution is 2.41. The normalized spacial score (nSPS) is 20.1. The van der Waals surface area contributed by atoms with E-state index in [0.29, 0.717) is 33.5 Å². The lowest BCUT2D eigenvalue weighted by atomic mass is 10.0. The van der Waals surface area contributed by atoms with Gasteiger partial charge in [0.2, 0.25) is 5.91 Å². The first-order valence-electron chi connectivity index (χ1n) is 9.95. The number of anilines is 1. The van der Waals surface area contributed by atoms with Crippen molar-refractivity contribution in [3.8, 4) is 0 Å². The van der Waals surface area contributed by atoms with Crippen LogP contribution in [0.4, 0.5) is 5.69 Å². The maximum absolute atomic E-state index is 12.8. The largest absolute Gasteiger partial charge is 0.477 e. The molecule has 2 atom stereocenters. The van der Waals surface area contributed by atoms with Gasteiger partial charge in [0, 0.05) is 22.9 Å². The Morgan fingerprint density at radius 2 is 2.12 bits per heavy atom. The molecule has 1 fully saturated rings. The number of nitrogens with two attached hydrogens (primary N) is 1. The van der Waals surface area contributed by atoms with Crippen LogP contribution >= 0.6 is 23.5 Å². The van der Waals surface area contributed by atoms with Crippen LogP contribution in [0, 0.1) is 13.8 Å². The van der Waals surface area contributed by atoms with E-state index >= 15 is 0 Å². The second-order valence-electron chi connectivity index (χ2n) is 7.63. The number of thioether (sulfide) groups is 2. The number of nitrogens with zero attached hydrogens (tertiary/aromatic N) is 2. The summed E-state index contributed by atoms with van der Waals surface area (Å²) in [5, 5.41) is 12.8. The smallest absolute Gasteiger partial charge is 0.352 e. The molecule has 2 amide bonds. The van der Waals surface area contributed by atoms with Crippen molar-refractivity contribution in [1.29, 1.82) is 0 Å². The summed E-state index contributed by atoms with van der Waals surface area (Å²) >= 11 is 2.85. The molecule has 168 valence electrons. The highest BCUT2D eigenvalue weighted by molar-refractivity contribution is 8.01. The summed E-state index contributed by atoms with van der Waals surface area (Å²) in [7, 11) is 0. The van der Waals surface area contributed by atoms with Crippen molar-refractivity contribution in [3.63, 3.8) is 0 Å². The van der Waals surface area contributed by atoms with Gasteiger partial charge in [0.15, 0.2) is 5.16 Å². The van der Waals surface area contributed by atoms with Crippen molar-refractivity contribution in [2.24, 2.45) is 0 Å². The summed E-state index contributed by atoms with van der Waals surface area (Å²) in [5.41, 5.74) is 9.60. The summed E-state index contributed by atoms with van der Waals surface area (Å²) in [5.74, 6) is -1.02. The lowest BCUT2D eigenvalue weighted by molar-refractivity contribution is -0.150. The molecule has 5 N–H and O–H groups in total. The zero-order valence-corrected chi connectivity index (χ0v) is 19.2. The second kappa shape index (κ2) is 8.91. The van der Waals surface area contributed by atoms with Gasteiger partial charge >= 0.3 is 5.97 Å². The Kier molecular flexibility index (Phi) is 6.20. The number of nitrogens with one attached hydrogen (secondary N) is 2. The molecule has 32 heavy (non-hydrogen) atoms. The van der Waals surface area contributed by atoms with Gasteiger partial charge in [-0.15, -0.1) is 11.8 Å². The summed E-state index contributed by atoms with van der Waals surface area (Å²) in [6, 6.07) is 6.30. The molecular weight excluding hydrogens is 450 g/mol. The molecule has 2 aliphatic heterocycles. The number of aromatic amines is 1. The van der Waals surface area contributed by atoms with Crippen LogP contribution in [0.25, 0.3) is 0 Å². The molecule has 0 spiro atoms. The predicted octanol–water partition coefficient (Wildman–Crippen LogP) is 1.68. The zero-order valence-electron chi connectivity index (χ0n) is 17.5. The first kappa shape index (κ1) is 22.3. The molecule has 0 aliphatic carbocycles. The van der Waals surface area contributed by atoms with Gasteiger partial charge in [0.1, 0.15) is 17.1 Å². The number of H-pyrrole nitrogens is 1. The third kappa shape index (κ3) is 4.22. The van der Waals surface area contributed by atoms with E-state index in [1.807, 2.05) is 13.8 Å². The minimum atomic E-state index is -1.15. The van der Waals surface area contributed by atoms with Gasteiger partial charge in [0.05, 0.1) is 12.1 Å². The van der Waals surface area contributed by atoms with E-state index in [0.717, 1.165) is 11.4 Å². The minimum Gasteiger partial charge on any atom is -0.477 e. The summed E-state index contributed by atoms with van der Waals surface area (Å²) < 4.78 is 0. The van der Waals surface area contributed by atoms with Crippen molar-refractivity contribution >= 4 is 47.0 Å². The zero-order chi connectivity index (χ0) is 23.0. The first-order chi connectivity index (χ1) is 15.3. The van der Waals surface area contributed by atoms with Crippen molar-refractivity contribution in [1.82, 2.24) is 20.2 Å². The average Bonchev–Trinajstić information content (AvgIpc) is 3.08. The van der Waals surface area contributed by atoms with Crippen molar-refractivity contribution in [3.05, 3.63) is 52.5 Å². The van der Waals surface area contributed by atoms with Crippen LogP contribution in [-0.2, 0) is 20.8 Å². The van der Waals surface area contributed by atoms with Gasteiger partial charge in [0.25, 0.3) is 5.91 Å². The number of carboxylic acids is 1. The number of fused-ring (bicyclic) bond motifs is 1. The Hall–Kier alpha value is -2.92. The number of rotatable bonds is 7. The average molecular weight is 474 g/mol. The van der Waals surface area contributed by atoms with E-state index in [2.05, 4.69) is 15.3 Å². The number of amides is 2. The van der Waals surface area contributed by atoms with Crippen LogP contribution in [0.15, 0.2) is 40.7 Å². The van der Waals surface area contributed by atoms with Gasteiger partial charge in [-0.2, -0.15) is 0 Å². The van der Waals surface area contributed by atoms with Gasteiger partial charge in [-0.3, -0.25) is 14.5 Å². The number of carbonyl (C=O) groups excluding carboxylic acids is 2. The molecule has 9 nitrogen and oxygen atoms in total. The maximum atomic E-state index is 12.8. The molecule has 4 rings (SSSR count). The molecule has 3 heterocycles. The highest BCUT2D eigenvalue weighted by Gasteiger charge is 2.54. The first-order valence-corrected chi connectivity index (χ1v) is 12.0. The quantitative estimate of drug-likeness (QED) is 0.270. The number of nitrogen functional groups attached to an aromatic ring is 1. The fourth-order valence-corrected chi connectivity index (χ4v) is 6.08. The monoisotopic (exact) mass is 473 g/mol. The molecule has 2 aliphatic rings. The van der Waals surface area contributed by atoms with E-state index in [1.54, 1.807) is 24.3 Å². The number of hydrogen-bond donors (Lipinski definition) is 4. The van der Waals surface area contributed by atoms with Crippen LogP contribution < -0.4 is 11.1 Å².